The zero-order chi connectivity index (χ0) is 14.8. The number of ether oxygens (including phenoxy) is 1. The molecular formula is C16H24N2O2. The van der Waals surface area contributed by atoms with E-state index in [-0.39, 0.29) is 11.3 Å². The number of hydrogen-bond donors (Lipinski definition) is 1. The highest BCUT2D eigenvalue weighted by Crippen LogP contribution is 2.43. The maximum absolute atomic E-state index is 11.4. The lowest BCUT2D eigenvalue weighted by Crippen LogP contribution is -2.34. The fourth-order valence-electron chi connectivity index (χ4n) is 2.97. The van der Waals surface area contributed by atoms with Gasteiger partial charge in [0.05, 0.1) is 7.11 Å². The largest absolute Gasteiger partial charge is 0.497 e. The molecule has 1 aromatic rings. The SMILES string of the molecule is CCC(=O)NCCC1(C)CN(C)c2ccc(OC)cc21. The number of rotatable bonds is 5. The van der Waals surface area contributed by atoms with Crippen LogP contribution in [0.4, 0.5) is 5.69 Å². The molecule has 0 radical (unpaired) electrons. The molecule has 110 valence electrons. The molecule has 1 amide bonds. The summed E-state index contributed by atoms with van der Waals surface area (Å²) in [5.41, 5.74) is 2.62. The average Bonchev–Trinajstić information content (AvgIpc) is 2.70. The van der Waals surface area contributed by atoms with E-state index in [1.54, 1.807) is 7.11 Å². The Hall–Kier alpha value is -1.71. The molecule has 0 saturated carbocycles. The molecule has 4 nitrogen and oxygen atoms in total. The van der Waals surface area contributed by atoms with Crippen molar-refractivity contribution in [1.29, 1.82) is 0 Å². The Morgan fingerprint density at radius 3 is 2.90 bits per heavy atom. The van der Waals surface area contributed by atoms with Crippen molar-refractivity contribution in [3.8, 4) is 5.75 Å². The van der Waals surface area contributed by atoms with Crippen LogP contribution in [0.1, 0.15) is 32.3 Å². The molecule has 1 atom stereocenters. The number of nitrogens with zero attached hydrogens (tertiary/aromatic N) is 1. The topological polar surface area (TPSA) is 41.6 Å². The fraction of sp³-hybridized carbons (Fsp3) is 0.562. The van der Waals surface area contributed by atoms with Gasteiger partial charge in [0.2, 0.25) is 5.91 Å². The zero-order valence-electron chi connectivity index (χ0n) is 12.8. The summed E-state index contributed by atoms with van der Waals surface area (Å²) in [6, 6.07) is 6.24. The molecule has 1 aliphatic heterocycles. The molecule has 1 N–H and O–H groups in total. The molecular weight excluding hydrogens is 252 g/mol. The highest BCUT2D eigenvalue weighted by atomic mass is 16.5. The Balaban J connectivity index is 2.15. The maximum Gasteiger partial charge on any atom is 0.219 e. The summed E-state index contributed by atoms with van der Waals surface area (Å²) >= 11 is 0. The van der Waals surface area contributed by atoms with Crippen LogP contribution < -0.4 is 15.0 Å². The summed E-state index contributed by atoms with van der Waals surface area (Å²) in [4.78, 5) is 13.6. The van der Waals surface area contributed by atoms with E-state index in [1.165, 1.54) is 11.3 Å². The van der Waals surface area contributed by atoms with Crippen LogP contribution in [-0.4, -0.2) is 33.2 Å². The molecule has 0 aromatic heterocycles. The van der Waals surface area contributed by atoms with Crippen molar-refractivity contribution >= 4 is 11.6 Å². The molecule has 1 aliphatic rings. The maximum atomic E-state index is 11.4. The lowest BCUT2D eigenvalue weighted by atomic mass is 9.81. The lowest BCUT2D eigenvalue weighted by Gasteiger charge is -2.25. The van der Waals surface area contributed by atoms with Gasteiger partial charge in [0.15, 0.2) is 0 Å². The van der Waals surface area contributed by atoms with E-state index >= 15 is 0 Å². The highest BCUT2D eigenvalue weighted by Gasteiger charge is 2.37. The third-order valence-corrected chi connectivity index (χ3v) is 4.17. The van der Waals surface area contributed by atoms with Crippen LogP contribution in [0.15, 0.2) is 18.2 Å². The molecule has 2 rings (SSSR count). The van der Waals surface area contributed by atoms with E-state index in [0.717, 1.165) is 18.7 Å². The molecule has 0 bridgehead atoms. The second kappa shape index (κ2) is 5.73. The van der Waals surface area contributed by atoms with Gasteiger partial charge in [-0.15, -0.1) is 0 Å². The molecule has 4 heteroatoms. The number of fused-ring (bicyclic) bond motifs is 1. The van der Waals surface area contributed by atoms with Gasteiger partial charge < -0.3 is 15.0 Å². The predicted octanol–water partition coefficient (Wildman–Crippen LogP) is 2.32. The van der Waals surface area contributed by atoms with Gasteiger partial charge in [-0.25, -0.2) is 0 Å². The minimum atomic E-state index is 0.0552. The van der Waals surface area contributed by atoms with Crippen LogP contribution in [-0.2, 0) is 10.2 Å². The van der Waals surface area contributed by atoms with Crippen LogP contribution in [0.25, 0.3) is 0 Å². The summed E-state index contributed by atoms with van der Waals surface area (Å²) in [5, 5.41) is 2.97. The van der Waals surface area contributed by atoms with Gasteiger partial charge in [0.1, 0.15) is 5.75 Å². The molecule has 0 saturated heterocycles. The van der Waals surface area contributed by atoms with Crippen molar-refractivity contribution in [2.24, 2.45) is 0 Å². The van der Waals surface area contributed by atoms with Gasteiger partial charge in [0, 0.05) is 37.7 Å². The molecule has 1 aromatic carbocycles. The second-order valence-electron chi connectivity index (χ2n) is 5.75. The van der Waals surface area contributed by atoms with Crippen molar-refractivity contribution in [3.63, 3.8) is 0 Å². The first-order valence-electron chi connectivity index (χ1n) is 7.16. The highest BCUT2D eigenvalue weighted by molar-refractivity contribution is 5.75. The monoisotopic (exact) mass is 276 g/mol. The van der Waals surface area contributed by atoms with Gasteiger partial charge in [-0.2, -0.15) is 0 Å². The summed E-state index contributed by atoms with van der Waals surface area (Å²) in [5.74, 6) is 1.01. The molecule has 0 aliphatic carbocycles. The summed E-state index contributed by atoms with van der Waals surface area (Å²) in [6.45, 7) is 5.82. The number of benzene rings is 1. The Bertz CT molecular complexity index is 501. The van der Waals surface area contributed by atoms with E-state index in [2.05, 4.69) is 36.3 Å². The number of carbonyl (C=O) groups is 1. The van der Waals surface area contributed by atoms with E-state index in [9.17, 15) is 4.79 Å². The molecule has 1 heterocycles. The molecule has 0 fully saturated rings. The van der Waals surface area contributed by atoms with Gasteiger partial charge >= 0.3 is 0 Å². The molecule has 20 heavy (non-hydrogen) atoms. The van der Waals surface area contributed by atoms with Gasteiger partial charge in [-0.3, -0.25) is 4.79 Å². The van der Waals surface area contributed by atoms with Crippen molar-refractivity contribution in [2.75, 3.05) is 32.1 Å². The normalized spacial score (nSPS) is 20.7. The van der Waals surface area contributed by atoms with Gasteiger partial charge in [-0.1, -0.05) is 13.8 Å². The third-order valence-electron chi connectivity index (χ3n) is 4.17. The first-order chi connectivity index (χ1) is 9.50. The van der Waals surface area contributed by atoms with Crippen LogP contribution >= 0.6 is 0 Å². The zero-order valence-corrected chi connectivity index (χ0v) is 12.8. The number of hydrogen-bond acceptors (Lipinski definition) is 3. The fourth-order valence-corrected chi connectivity index (χ4v) is 2.97. The predicted molar refractivity (Wildman–Crippen MR) is 81.5 cm³/mol. The number of nitrogens with one attached hydrogen (secondary N) is 1. The summed E-state index contributed by atoms with van der Waals surface area (Å²) in [6.07, 6.45) is 1.48. The van der Waals surface area contributed by atoms with E-state index in [0.29, 0.717) is 13.0 Å². The van der Waals surface area contributed by atoms with Gasteiger partial charge in [-0.05, 0) is 30.2 Å². The average molecular weight is 276 g/mol. The van der Waals surface area contributed by atoms with Crippen LogP contribution in [0.5, 0.6) is 5.75 Å². The van der Waals surface area contributed by atoms with Crippen molar-refractivity contribution in [2.45, 2.75) is 32.1 Å². The van der Waals surface area contributed by atoms with Crippen LogP contribution in [0.3, 0.4) is 0 Å². The minimum absolute atomic E-state index is 0.0552. The smallest absolute Gasteiger partial charge is 0.219 e. The standard InChI is InChI=1S/C16H24N2O2/c1-5-15(19)17-9-8-16(2)11-18(3)14-7-6-12(20-4)10-13(14)16/h6-7,10H,5,8-9,11H2,1-4H3,(H,17,19). The van der Waals surface area contributed by atoms with Crippen LogP contribution in [0.2, 0.25) is 0 Å². The summed E-state index contributed by atoms with van der Waals surface area (Å²) < 4.78 is 5.34. The van der Waals surface area contributed by atoms with Crippen molar-refractivity contribution < 1.29 is 9.53 Å². The van der Waals surface area contributed by atoms with E-state index in [1.807, 2.05) is 13.0 Å². The lowest BCUT2D eigenvalue weighted by molar-refractivity contribution is -0.120. The molecule has 0 spiro atoms. The Labute approximate surface area is 121 Å². The van der Waals surface area contributed by atoms with Gasteiger partial charge in [0.25, 0.3) is 0 Å². The number of methoxy groups -OCH3 is 1. The van der Waals surface area contributed by atoms with Crippen molar-refractivity contribution in [3.05, 3.63) is 23.8 Å². The number of amides is 1. The van der Waals surface area contributed by atoms with E-state index < -0.39 is 0 Å². The summed E-state index contributed by atoms with van der Waals surface area (Å²) in [7, 11) is 3.81. The number of carbonyl (C=O) groups excluding carboxylic acids is 1. The quantitative estimate of drug-likeness (QED) is 0.897. The Morgan fingerprint density at radius 2 is 2.25 bits per heavy atom. The third kappa shape index (κ3) is 2.74. The number of likely N-dealkylation sites (N-methyl/N-ethyl adjacent to an activating group) is 1. The Kier molecular flexibility index (Phi) is 4.21. The first-order valence-corrected chi connectivity index (χ1v) is 7.16. The first kappa shape index (κ1) is 14.7. The van der Waals surface area contributed by atoms with Crippen LogP contribution in [0, 0.1) is 0 Å². The van der Waals surface area contributed by atoms with E-state index in [4.69, 9.17) is 4.74 Å². The minimum Gasteiger partial charge on any atom is -0.497 e. The Morgan fingerprint density at radius 1 is 1.50 bits per heavy atom. The van der Waals surface area contributed by atoms with Crippen molar-refractivity contribution in [1.82, 2.24) is 5.32 Å². The molecule has 1 unspecified atom stereocenters. The number of anilines is 1. The second-order valence-corrected chi connectivity index (χ2v) is 5.75.